The number of benzene rings is 2. The fourth-order valence-electron chi connectivity index (χ4n) is 2.11. The number of hydrogen-bond acceptors (Lipinski definition) is 4. The lowest BCUT2D eigenvalue weighted by atomic mass is 10.1. The summed E-state index contributed by atoms with van der Waals surface area (Å²) in [6.45, 7) is 4.05. The van der Waals surface area contributed by atoms with Crippen molar-refractivity contribution in [1.29, 1.82) is 0 Å². The number of para-hydroxylation sites is 2. The van der Waals surface area contributed by atoms with Gasteiger partial charge in [0.25, 0.3) is 0 Å². The van der Waals surface area contributed by atoms with Gasteiger partial charge in [0.05, 0.1) is 18.7 Å². The van der Waals surface area contributed by atoms with E-state index in [1.807, 2.05) is 31.2 Å². The Balaban J connectivity index is 1.99. The first kappa shape index (κ1) is 16.5. The average molecular weight is 312 g/mol. The molecule has 0 aliphatic rings. The van der Waals surface area contributed by atoms with Gasteiger partial charge in [0.1, 0.15) is 0 Å². The lowest BCUT2D eigenvalue weighted by Gasteiger charge is -2.12. The van der Waals surface area contributed by atoms with Gasteiger partial charge in [-0.05, 0) is 37.6 Å². The lowest BCUT2D eigenvalue weighted by Crippen LogP contribution is -2.23. The molecule has 0 saturated heterocycles. The molecule has 0 saturated carbocycles. The van der Waals surface area contributed by atoms with E-state index in [9.17, 15) is 9.59 Å². The number of aryl methyl sites for hydroxylation is 1. The van der Waals surface area contributed by atoms with Gasteiger partial charge in [0.2, 0.25) is 5.91 Å². The zero-order valence-electron chi connectivity index (χ0n) is 13.3. The van der Waals surface area contributed by atoms with Gasteiger partial charge >= 0.3 is 5.97 Å². The van der Waals surface area contributed by atoms with Crippen LogP contribution in [0.2, 0.25) is 0 Å². The van der Waals surface area contributed by atoms with E-state index in [1.54, 1.807) is 31.2 Å². The summed E-state index contributed by atoms with van der Waals surface area (Å²) in [5.41, 5.74) is 2.76. The van der Waals surface area contributed by atoms with Crippen LogP contribution in [0, 0.1) is 6.92 Å². The van der Waals surface area contributed by atoms with E-state index in [0.717, 1.165) is 11.3 Å². The smallest absolute Gasteiger partial charge is 0.340 e. The van der Waals surface area contributed by atoms with Crippen LogP contribution in [0.3, 0.4) is 0 Å². The summed E-state index contributed by atoms with van der Waals surface area (Å²) in [5.74, 6) is -0.590. The molecule has 0 radical (unpaired) electrons. The topological polar surface area (TPSA) is 67.4 Å². The first-order valence-corrected chi connectivity index (χ1v) is 7.47. The number of esters is 1. The van der Waals surface area contributed by atoms with Crippen molar-refractivity contribution in [3.8, 4) is 0 Å². The van der Waals surface area contributed by atoms with Crippen LogP contribution in [0.25, 0.3) is 0 Å². The molecule has 0 aliphatic heterocycles. The van der Waals surface area contributed by atoms with Crippen LogP contribution >= 0.6 is 0 Å². The number of amides is 1. The van der Waals surface area contributed by atoms with Gasteiger partial charge in [-0.15, -0.1) is 0 Å². The highest BCUT2D eigenvalue weighted by Gasteiger charge is 2.12. The molecule has 5 nitrogen and oxygen atoms in total. The van der Waals surface area contributed by atoms with E-state index >= 15 is 0 Å². The van der Waals surface area contributed by atoms with Crippen molar-refractivity contribution in [2.75, 3.05) is 23.8 Å². The molecule has 0 aromatic heterocycles. The Morgan fingerprint density at radius 2 is 1.65 bits per heavy atom. The maximum Gasteiger partial charge on any atom is 0.340 e. The molecule has 0 heterocycles. The highest BCUT2D eigenvalue weighted by Crippen LogP contribution is 2.16. The van der Waals surface area contributed by atoms with Gasteiger partial charge in [-0.2, -0.15) is 0 Å². The summed E-state index contributed by atoms with van der Waals surface area (Å²) in [6, 6.07) is 14.5. The zero-order chi connectivity index (χ0) is 16.7. The minimum atomic E-state index is -0.407. The Hall–Kier alpha value is -2.82. The molecule has 0 unspecified atom stereocenters. The third-order valence-corrected chi connectivity index (χ3v) is 3.28. The summed E-state index contributed by atoms with van der Waals surface area (Å²) >= 11 is 0. The van der Waals surface area contributed by atoms with Crippen molar-refractivity contribution < 1.29 is 14.3 Å². The standard InChI is InChI=1S/C18H20N2O3/c1-3-23-18(22)14-9-5-7-11-16(14)19-12-17(21)20-15-10-6-4-8-13(15)2/h4-11,19H,3,12H2,1-2H3,(H,20,21). The lowest BCUT2D eigenvalue weighted by molar-refractivity contribution is -0.114. The molecule has 1 amide bonds. The minimum Gasteiger partial charge on any atom is -0.462 e. The molecule has 5 heteroatoms. The third-order valence-electron chi connectivity index (χ3n) is 3.28. The highest BCUT2D eigenvalue weighted by molar-refractivity contribution is 5.98. The maximum absolute atomic E-state index is 12.1. The first-order chi connectivity index (χ1) is 11.1. The van der Waals surface area contributed by atoms with Gasteiger partial charge in [-0.3, -0.25) is 4.79 Å². The van der Waals surface area contributed by atoms with Crippen molar-refractivity contribution in [3.05, 3.63) is 59.7 Å². The third kappa shape index (κ3) is 4.57. The Morgan fingerprint density at radius 1 is 1.00 bits per heavy atom. The van der Waals surface area contributed by atoms with Gasteiger partial charge in [-0.25, -0.2) is 4.79 Å². The molecule has 0 bridgehead atoms. The predicted molar refractivity (Wildman–Crippen MR) is 90.7 cm³/mol. The van der Waals surface area contributed by atoms with E-state index in [4.69, 9.17) is 4.74 Å². The zero-order valence-corrected chi connectivity index (χ0v) is 13.3. The Morgan fingerprint density at radius 3 is 2.35 bits per heavy atom. The van der Waals surface area contributed by atoms with Crippen LogP contribution in [0.1, 0.15) is 22.8 Å². The number of carbonyl (C=O) groups excluding carboxylic acids is 2. The number of nitrogens with one attached hydrogen (secondary N) is 2. The average Bonchev–Trinajstić information content (AvgIpc) is 2.55. The van der Waals surface area contributed by atoms with Gasteiger partial charge in [0, 0.05) is 11.4 Å². The predicted octanol–water partition coefficient (Wildman–Crippen LogP) is 3.22. The Bertz CT molecular complexity index is 698. The molecular formula is C18H20N2O3. The number of carbonyl (C=O) groups is 2. The summed E-state index contributed by atoms with van der Waals surface area (Å²) in [7, 11) is 0. The van der Waals surface area contributed by atoms with Gasteiger partial charge < -0.3 is 15.4 Å². The number of hydrogen-bond donors (Lipinski definition) is 2. The highest BCUT2D eigenvalue weighted by atomic mass is 16.5. The van der Waals surface area contributed by atoms with Crippen molar-refractivity contribution in [3.63, 3.8) is 0 Å². The van der Waals surface area contributed by atoms with Crippen LogP contribution in [0.15, 0.2) is 48.5 Å². The molecule has 2 N–H and O–H groups in total. The van der Waals surface area contributed by atoms with Crippen molar-refractivity contribution in [1.82, 2.24) is 0 Å². The molecule has 2 aromatic carbocycles. The summed E-state index contributed by atoms with van der Waals surface area (Å²) in [4.78, 5) is 23.9. The second kappa shape index (κ2) is 7.98. The van der Waals surface area contributed by atoms with Crippen LogP contribution in [0.5, 0.6) is 0 Å². The second-order valence-electron chi connectivity index (χ2n) is 4.98. The fraction of sp³-hybridized carbons (Fsp3) is 0.222. The van der Waals surface area contributed by atoms with Crippen molar-refractivity contribution >= 4 is 23.3 Å². The van der Waals surface area contributed by atoms with Crippen LogP contribution in [0.4, 0.5) is 11.4 Å². The maximum atomic E-state index is 12.1. The molecule has 0 atom stereocenters. The van der Waals surface area contributed by atoms with E-state index in [0.29, 0.717) is 17.9 Å². The van der Waals surface area contributed by atoms with E-state index in [-0.39, 0.29) is 12.5 Å². The molecule has 0 spiro atoms. The SMILES string of the molecule is CCOC(=O)c1ccccc1NCC(=O)Nc1ccccc1C. The van der Waals surface area contributed by atoms with Gasteiger partial charge in [0.15, 0.2) is 0 Å². The Labute approximate surface area is 135 Å². The first-order valence-electron chi connectivity index (χ1n) is 7.47. The van der Waals surface area contributed by atoms with Crippen LogP contribution < -0.4 is 10.6 Å². The molecule has 120 valence electrons. The number of ether oxygens (including phenoxy) is 1. The van der Waals surface area contributed by atoms with Crippen molar-refractivity contribution in [2.45, 2.75) is 13.8 Å². The van der Waals surface area contributed by atoms with E-state index in [2.05, 4.69) is 10.6 Å². The molecule has 0 aliphatic carbocycles. The molecule has 2 rings (SSSR count). The largest absolute Gasteiger partial charge is 0.462 e. The summed E-state index contributed by atoms with van der Waals surface area (Å²) in [5, 5.41) is 5.82. The van der Waals surface area contributed by atoms with E-state index in [1.165, 1.54) is 0 Å². The fourth-order valence-corrected chi connectivity index (χ4v) is 2.11. The molecule has 23 heavy (non-hydrogen) atoms. The normalized spacial score (nSPS) is 10.0. The van der Waals surface area contributed by atoms with Gasteiger partial charge in [-0.1, -0.05) is 30.3 Å². The van der Waals surface area contributed by atoms with Crippen LogP contribution in [-0.4, -0.2) is 25.0 Å². The monoisotopic (exact) mass is 312 g/mol. The molecule has 2 aromatic rings. The number of anilines is 2. The Kier molecular flexibility index (Phi) is 5.74. The van der Waals surface area contributed by atoms with Crippen molar-refractivity contribution in [2.24, 2.45) is 0 Å². The number of rotatable bonds is 6. The summed E-state index contributed by atoms with van der Waals surface area (Å²) in [6.07, 6.45) is 0. The van der Waals surface area contributed by atoms with E-state index < -0.39 is 5.97 Å². The second-order valence-corrected chi connectivity index (χ2v) is 4.98. The quantitative estimate of drug-likeness (QED) is 0.804. The van der Waals surface area contributed by atoms with Crippen LogP contribution in [-0.2, 0) is 9.53 Å². The minimum absolute atomic E-state index is 0.0603. The molecule has 0 fully saturated rings. The molecular weight excluding hydrogens is 292 g/mol. The summed E-state index contributed by atoms with van der Waals surface area (Å²) < 4.78 is 5.01.